The Morgan fingerprint density at radius 3 is 0.935 bits per heavy atom. The lowest BCUT2D eigenvalue weighted by molar-refractivity contribution is -0.0471. The summed E-state index contributed by atoms with van der Waals surface area (Å²) >= 11 is 0. The molecule has 0 aromatic carbocycles. The van der Waals surface area contributed by atoms with E-state index in [1.807, 2.05) is 0 Å². The molecule has 0 amide bonds. The van der Waals surface area contributed by atoms with Gasteiger partial charge in [0.15, 0.2) is 0 Å². The Kier molecular flexibility index (Phi) is 27.4. The van der Waals surface area contributed by atoms with Crippen LogP contribution in [-0.4, -0.2) is 37.6 Å². The first-order valence-corrected chi connectivity index (χ1v) is 20.9. The Bertz CT molecular complexity index is 652. The lowest BCUT2D eigenvalue weighted by Crippen LogP contribution is -2.25. The second-order valence-electron chi connectivity index (χ2n) is 17.3. The van der Waals surface area contributed by atoms with Crippen LogP contribution in [0.3, 0.4) is 0 Å². The van der Waals surface area contributed by atoms with Gasteiger partial charge in [0.1, 0.15) is 6.10 Å². The summed E-state index contributed by atoms with van der Waals surface area (Å²) in [4.78, 5) is 0. The van der Waals surface area contributed by atoms with Crippen LogP contribution >= 0.6 is 0 Å². The molecule has 1 saturated heterocycles. The van der Waals surface area contributed by atoms with Crippen molar-refractivity contribution in [1.82, 2.24) is 0 Å². The van der Waals surface area contributed by atoms with Crippen molar-refractivity contribution >= 4 is 0 Å². The van der Waals surface area contributed by atoms with E-state index in [-0.39, 0.29) is 12.7 Å². The molecule has 1 aliphatic rings. The van der Waals surface area contributed by atoms with Gasteiger partial charge >= 0.3 is 0 Å². The van der Waals surface area contributed by atoms with Crippen LogP contribution in [0.4, 0.5) is 0 Å². The van der Waals surface area contributed by atoms with Crippen LogP contribution < -0.4 is 0 Å². The number of aliphatic hydroxyl groups is 1. The summed E-state index contributed by atoms with van der Waals surface area (Å²) in [5, 5.41) is 9.79. The minimum absolute atomic E-state index is 0.0507. The smallest absolute Gasteiger partial charge is 0.104 e. The minimum atomic E-state index is -0.183. The molecule has 3 heteroatoms. The summed E-state index contributed by atoms with van der Waals surface area (Å²) in [5.41, 5.74) is 0. The molecule has 2 unspecified atom stereocenters. The topological polar surface area (TPSA) is 38.7 Å². The fourth-order valence-corrected chi connectivity index (χ4v) is 7.70. The van der Waals surface area contributed by atoms with Crippen molar-refractivity contribution in [2.45, 2.75) is 203 Å². The molecular weight excluding hydrogens is 564 g/mol. The molecule has 3 nitrogen and oxygen atoms in total. The molecule has 46 heavy (non-hydrogen) atoms. The Balaban J connectivity index is 2.46. The fourth-order valence-electron chi connectivity index (χ4n) is 7.70. The standard InChI is InChI=1S/C43H86O3/c1-35-15-9-17-37(3)21-13-25-41(7)29-31-45-34-43(33-44)46-32-30-42(8)26-14-22-38(4)18-10-16-36(2)20-12-24-40(6)28-27-39(5)23-11-19-35/h35-44H,9-34H2,1-8H3/t35-,36-,37+,38+,39?,40?,41+,42+,43+/m0/s1. The van der Waals surface area contributed by atoms with Crippen LogP contribution in [0.15, 0.2) is 0 Å². The zero-order chi connectivity index (χ0) is 34.0. The number of hydrogen-bond donors (Lipinski definition) is 1. The van der Waals surface area contributed by atoms with E-state index in [0.29, 0.717) is 18.4 Å². The molecule has 0 radical (unpaired) electrons. The third-order valence-electron chi connectivity index (χ3n) is 11.7. The quantitative estimate of drug-likeness (QED) is 0.307. The summed E-state index contributed by atoms with van der Waals surface area (Å²) in [6.07, 6.45) is 29.9. The Labute approximate surface area is 290 Å². The molecule has 1 aliphatic heterocycles. The van der Waals surface area contributed by atoms with E-state index in [4.69, 9.17) is 9.47 Å². The van der Waals surface area contributed by atoms with Crippen molar-refractivity contribution in [3.8, 4) is 0 Å². The third kappa shape index (κ3) is 25.8. The van der Waals surface area contributed by atoms with Gasteiger partial charge in [-0.15, -0.1) is 0 Å². The average Bonchev–Trinajstić information content (AvgIpc) is 3.00. The Morgan fingerprint density at radius 2 is 0.630 bits per heavy atom. The van der Waals surface area contributed by atoms with E-state index in [1.54, 1.807) is 0 Å². The third-order valence-corrected chi connectivity index (χ3v) is 11.7. The maximum atomic E-state index is 9.79. The Hall–Kier alpha value is -0.120. The molecule has 1 N–H and O–H groups in total. The summed E-state index contributed by atoms with van der Waals surface area (Å²) in [5.74, 6) is 6.66. The van der Waals surface area contributed by atoms with Crippen LogP contribution in [0, 0.1) is 47.3 Å². The van der Waals surface area contributed by atoms with Crippen molar-refractivity contribution in [3.05, 3.63) is 0 Å². The lowest BCUT2D eigenvalue weighted by atomic mass is 9.88. The summed E-state index contributed by atoms with van der Waals surface area (Å²) in [6.45, 7) is 21.8. The number of hydrogen-bond acceptors (Lipinski definition) is 3. The maximum Gasteiger partial charge on any atom is 0.104 e. The summed E-state index contributed by atoms with van der Waals surface area (Å²) in [7, 11) is 0. The minimum Gasteiger partial charge on any atom is -0.394 e. The van der Waals surface area contributed by atoms with E-state index in [1.165, 1.54) is 128 Å². The highest BCUT2D eigenvalue weighted by molar-refractivity contribution is 4.65. The van der Waals surface area contributed by atoms with Crippen LogP contribution in [0.25, 0.3) is 0 Å². The normalized spacial score (nSPS) is 36.1. The largest absolute Gasteiger partial charge is 0.394 e. The SMILES string of the molecule is CC1CCC[C@@H](C)CCC[C@@H](C)CCC[C@@H](C)CCOC[C@@H](CO)OCC[C@H](C)CCC[C@H](C)CCC[C@H](C)CCCC(C)CC1. The van der Waals surface area contributed by atoms with Crippen molar-refractivity contribution in [3.63, 3.8) is 0 Å². The van der Waals surface area contributed by atoms with Gasteiger partial charge in [-0.2, -0.15) is 0 Å². The lowest BCUT2D eigenvalue weighted by Gasteiger charge is -2.19. The average molecular weight is 651 g/mol. The molecule has 0 aromatic rings. The van der Waals surface area contributed by atoms with Crippen molar-refractivity contribution < 1.29 is 14.6 Å². The van der Waals surface area contributed by atoms with Crippen LogP contribution in [0.1, 0.15) is 197 Å². The highest BCUT2D eigenvalue weighted by Crippen LogP contribution is 2.27. The van der Waals surface area contributed by atoms with Crippen molar-refractivity contribution in [2.75, 3.05) is 26.4 Å². The van der Waals surface area contributed by atoms with Crippen molar-refractivity contribution in [2.24, 2.45) is 47.3 Å². The molecule has 1 fully saturated rings. The van der Waals surface area contributed by atoms with Crippen LogP contribution in [0.2, 0.25) is 0 Å². The zero-order valence-electron chi connectivity index (χ0n) is 32.8. The van der Waals surface area contributed by atoms with E-state index in [9.17, 15) is 5.11 Å². The first-order valence-electron chi connectivity index (χ1n) is 20.9. The molecule has 1 rings (SSSR count). The molecule has 9 atom stereocenters. The Morgan fingerprint density at radius 1 is 0.370 bits per heavy atom. The first kappa shape index (κ1) is 43.9. The van der Waals surface area contributed by atoms with Gasteiger partial charge in [0.25, 0.3) is 0 Å². The van der Waals surface area contributed by atoms with Gasteiger partial charge < -0.3 is 14.6 Å². The van der Waals surface area contributed by atoms with E-state index < -0.39 is 0 Å². The fraction of sp³-hybridized carbons (Fsp3) is 1.00. The summed E-state index contributed by atoms with van der Waals surface area (Å²) in [6, 6.07) is 0. The van der Waals surface area contributed by atoms with Gasteiger partial charge in [-0.1, -0.05) is 184 Å². The highest BCUT2D eigenvalue weighted by Gasteiger charge is 2.14. The molecule has 0 aromatic heterocycles. The molecule has 0 saturated carbocycles. The molecule has 276 valence electrons. The van der Waals surface area contributed by atoms with Gasteiger partial charge in [0.05, 0.1) is 13.2 Å². The highest BCUT2D eigenvalue weighted by atomic mass is 16.5. The number of aliphatic hydroxyl groups excluding tert-OH is 1. The van der Waals surface area contributed by atoms with Crippen LogP contribution in [-0.2, 0) is 9.47 Å². The molecule has 0 bridgehead atoms. The van der Waals surface area contributed by atoms with Gasteiger partial charge in [-0.05, 0) is 60.2 Å². The second kappa shape index (κ2) is 28.7. The maximum absolute atomic E-state index is 9.79. The number of ether oxygens (including phenoxy) is 2. The predicted octanol–water partition coefficient (Wildman–Crippen LogP) is 13.1. The van der Waals surface area contributed by atoms with Gasteiger partial charge in [0.2, 0.25) is 0 Å². The molecule has 1 heterocycles. The second-order valence-corrected chi connectivity index (χ2v) is 17.3. The van der Waals surface area contributed by atoms with Crippen LogP contribution in [0.5, 0.6) is 0 Å². The van der Waals surface area contributed by atoms with Gasteiger partial charge in [0, 0.05) is 13.2 Å². The first-order chi connectivity index (χ1) is 22.1. The van der Waals surface area contributed by atoms with E-state index >= 15 is 0 Å². The predicted molar refractivity (Wildman–Crippen MR) is 203 cm³/mol. The molecule has 0 spiro atoms. The molecule has 0 aliphatic carbocycles. The number of rotatable bonds is 1. The van der Waals surface area contributed by atoms with Gasteiger partial charge in [-0.3, -0.25) is 0 Å². The molecular formula is C43H86O3. The van der Waals surface area contributed by atoms with E-state index in [2.05, 4.69) is 55.4 Å². The van der Waals surface area contributed by atoms with Gasteiger partial charge in [-0.25, -0.2) is 0 Å². The monoisotopic (exact) mass is 651 g/mol. The van der Waals surface area contributed by atoms with Crippen molar-refractivity contribution in [1.29, 1.82) is 0 Å². The zero-order valence-corrected chi connectivity index (χ0v) is 32.8. The summed E-state index contributed by atoms with van der Waals surface area (Å²) < 4.78 is 12.0. The van der Waals surface area contributed by atoms with E-state index in [0.717, 1.165) is 61.6 Å².